The molecule has 5 rings (SSSR count). The van der Waals surface area contributed by atoms with Crippen molar-refractivity contribution >= 4 is 16.1 Å². The Balaban J connectivity index is 1.27. The molecule has 1 aliphatic heterocycles. The van der Waals surface area contributed by atoms with Crippen LogP contribution in [0.4, 0.5) is 4.79 Å². The minimum absolute atomic E-state index is 0.0105. The number of aliphatic hydroxyl groups excluding tert-OH is 1. The molecule has 0 radical (unpaired) electrons. The number of carbonyl (C=O) groups is 1. The lowest BCUT2D eigenvalue weighted by Gasteiger charge is -2.23. The molecule has 0 spiro atoms. The summed E-state index contributed by atoms with van der Waals surface area (Å²) in [5.41, 5.74) is 5.49. The fraction of sp³-hybridized carbons (Fsp3) is 0.296. The molecule has 1 heterocycles. The van der Waals surface area contributed by atoms with Crippen molar-refractivity contribution in [3.8, 4) is 11.1 Å². The second-order valence-corrected chi connectivity index (χ2v) is 11.0. The minimum Gasteiger partial charge on any atom is -0.448 e. The van der Waals surface area contributed by atoms with Crippen LogP contribution in [0.1, 0.15) is 22.6 Å². The maximum absolute atomic E-state index is 13.1. The molecule has 1 fully saturated rings. The highest BCUT2D eigenvalue weighted by atomic mass is 32.2. The second kappa shape index (κ2) is 9.45. The summed E-state index contributed by atoms with van der Waals surface area (Å²) in [4.78, 5) is 14.5. The van der Waals surface area contributed by atoms with Crippen LogP contribution in [0, 0.1) is 6.92 Å². The number of ether oxygens (including phenoxy) is 1. The third kappa shape index (κ3) is 4.57. The number of aryl methyl sites for hydroxylation is 1. The lowest BCUT2D eigenvalue weighted by Crippen LogP contribution is -2.38. The number of rotatable bonds is 4. The van der Waals surface area contributed by atoms with Crippen LogP contribution < -0.4 is 0 Å². The summed E-state index contributed by atoms with van der Waals surface area (Å²) in [6.07, 6.45) is -1.57. The van der Waals surface area contributed by atoms with Crippen molar-refractivity contribution in [1.29, 1.82) is 0 Å². The van der Waals surface area contributed by atoms with E-state index in [1.807, 2.05) is 31.2 Å². The van der Waals surface area contributed by atoms with Gasteiger partial charge in [-0.25, -0.2) is 13.2 Å². The second-order valence-electron chi connectivity index (χ2n) is 9.08. The van der Waals surface area contributed by atoms with E-state index in [4.69, 9.17) is 4.74 Å². The SMILES string of the molecule is Cc1ccc(S(=O)(=O)N2CCN(C(=O)OCC3c4ccccc4-c4ccccc43)CC(O)C2)cc1. The van der Waals surface area contributed by atoms with Gasteiger partial charge in [0.25, 0.3) is 0 Å². The maximum Gasteiger partial charge on any atom is 0.409 e. The fourth-order valence-corrected chi connectivity index (χ4v) is 6.36. The van der Waals surface area contributed by atoms with Crippen LogP contribution in [0.5, 0.6) is 0 Å². The number of sulfonamides is 1. The first-order valence-electron chi connectivity index (χ1n) is 11.7. The quantitative estimate of drug-likeness (QED) is 0.601. The van der Waals surface area contributed by atoms with Gasteiger partial charge in [0.2, 0.25) is 10.0 Å². The fourth-order valence-electron chi connectivity index (χ4n) is 4.89. The molecule has 0 bridgehead atoms. The summed E-state index contributed by atoms with van der Waals surface area (Å²) in [6.45, 7) is 2.21. The Hall–Kier alpha value is -3.20. The number of amides is 1. The van der Waals surface area contributed by atoms with Crippen molar-refractivity contribution in [3.63, 3.8) is 0 Å². The van der Waals surface area contributed by atoms with Crippen LogP contribution in [0.2, 0.25) is 0 Å². The number of fused-ring (bicyclic) bond motifs is 3. The van der Waals surface area contributed by atoms with E-state index in [1.54, 1.807) is 24.3 Å². The molecule has 1 saturated heterocycles. The normalized spacial score (nSPS) is 18.6. The smallest absolute Gasteiger partial charge is 0.409 e. The van der Waals surface area contributed by atoms with Crippen molar-refractivity contribution in [2.24, 2.45) is 0 Å². The molecule has 2 aliphatic rings. The zero-order valence-electron chi connectivity index (χ0n) is 19.5. The average Bonchev–Trinajstić information content (AvgIpc) is 3.02. The average molecular weight is 493 g/mol. The van der Waals surface area contributed by atoms with E-state index in [-0.39, 0.29) is 43.6 Å². The Morgan fingerprint density at radius 2 is 1.51 bits per heavy atom. The van der Waals surface area contributed by atoms with Gasteiger partial charge in [0.05, 0.1) is 17.5 Å². The van der Waals surface area contributed by atoms with E-state index in [1.165, 1.54) is 9.21 Å². The van der Waals surface area contributed by atoms with Crippen LogP contribution in [0.25, 0.3) is 11.1 Å². The summed E-state index contributed by atoms with van der Waals surface area (Å²) in [5.74, 6) is -0.0679. The Kier molecular flexibility index (Phi) is 6.35. The summed E-state index contributed by atoms with van der Waals surface area (Å²) in [7, 11) is -3.78. The van der Waals surface area contributed by atoms with Gasteiger partial charge in [-0.1, -0.05) is 66.2 Å². The van der Waals surface area contributed by atoms with E-state index in [9.17, 15) is 18.3 Å². The third-order valence-corrected chi connectivity index (χ3v) is 8.60. The summed E-state index contributed by atoms with van der Waals surface area (Å²) in [6, 6.07) is 22.8. The van der Waals surface area contributed by atoms with Gasteiger partial charge in [-0.3, -0.25) is 0 Å². The van der Waals surface area contributed by atoms with Crippen LogP contribution in [0.15, 0.2) is 77.7 Å². The zero-order chi connectivity index (χ0) is 24.6. The molecule has 1 unspecified atom stereocenters. The Morgan fingerprint density at radius 1 is 0.914 bits per heavy atom. The van der Waals surface area contributed by atoms with Gasteiger partial charge in [0.1, 0.15) is 6.61 Å². The molecule has 182 valence electrons. The van der Waals surface area contributed by atoms with E-state index in [2.05, 4.69) is 24.3 Å². The number of benzene rings is 3. The number of carbonyl (C=O) groups excluding carboxylic acids is 1. The van der Waals surface area contributed by atoms with Gasteiger partial charge in [0.15, 0.2) is 0 Å². The molecule has 1 aliphatic carbocycles. The predicted octanol–water partition coefficient (Wildman–Crippen LogP) is 3.61. The van der Waals surface area contributed by atoms with Crippen LogP contribution in [-0.4, -0.2) is 67.7 Å². The van der Waals surface area contributed by atoms with Gasteiger partial charge in [-0.2, -0.15) is 4.31 Å². The molecule has 1 amide bonds. The topological polar surface area (TPSA) is 87.2 Å². The van der Waals surface area contributed by atoms with E-state index in [0.29, 0.717) is 0 Å². The highest BCUT2D eigenvalue weighted by Gasteiger charge is 2.34. The zero-order valence-corrected chi connectivity index (χ0v) is 20.3. The molecular formula is C27H28N2O5S. The highest BCUT2D eigenvalue weighted by Crippen LogP contribution is 2.44. The summed E-state index contributed by atoms with van der Waals surface area (Å²) < 4.78 is 33.1. The largest absolute Gasteiger partial charge is 0.448 e. The van der Waals surface area contributed by atoms with E-state index >= 15 is 0 Å². The van der Waals surface area contributed by atoms with Crippen molar-refractivity contribution in [3.05, 3.63) is 89.5 Å². The monoisotopic (exact) mass is 492 g/mol. The first kappa shape index (κ1) is 23.5. The predicted molar refractivity (Wildman–Crippen MR) is 133 cm³/mol. The number of hydrogen-bond donors (Lipinski definition) is 1. The lowest BCUT2D eigenvalue weighted by atomic mass is 9.98. The number of hydrogen-bond acceptors (Lipinski definition) is 5. The standard InChI is InChI=1S/C27H28N2O5S/c1-19-10-12-21(13-11-19)35(32,33)29-15-14-28(16-20(30)17-29)27(31)34-18-26-24-8-4-2-6-22(24)23-7-3-5-9-25(23)26/h2-13,20,26,30H,14-18H2,1H3. The summed E-state index contributed by atoms with van der Waals surface area (Å²) >= 11 is 0. The van der Waals surface area contributed by atoms with Crippen LogP contribution in [-0.2, 0) is 14.8 Å². The first-order valence-corrected chi connectivity index (χ1v) is 13.1. The van der Waals surface area contributed by atoms with Gasteiger partial charge < -0.3 is 14.7 Å². The van der Waals surface area contributed by atoms with Crippen LogP contribution >= 0.6 is 0 Å². The first-order chi connectivity index (χ1) is 16.8. The summed E-state index contributed by atoms with van der Waals surface area (Å²) in [5, 5.41) is 10.5. The Morgan fingerprint density at radius 3 is 2.14 bits per heavy atom. The van der Waals surface area contributed by atoms with Crippen molar-refractivity contribution < 1.29 is 23.1 Å². The lowest BCUT2D eigenvalue weighted by molar-refractivity contribution is 0.0797. The molecule has 3 aromatic carbocycles. The molecule has 35 heavy (non-hydrogen) atoms. The number of β-amino-alcohol motifs (C(OH)–C–C–N with tert-alkyl or cyclic N) is 1. The van der Waals surface area contributed by atoms with Gasteiger partial charge in [-0.05, 0) is 41.3 Å². The molecule has 1 atom stereocenters. The molecule has 3 aromatic rings. The van der Waals surface area contributed by atoms with E-state index < -0.39 is 22.2 Å². The number of aliphatic hydroxyl groups is 1. The van der Waals surface area contributed by atoms with E-state index in [0.717, 1.165) is 27.8 Å². The van der Waals surface area contributed by atoms with Crippen molar-refractivity contribution in [1.82, 2.24) is 9.21 Å². The third-order valence-electron chi connectivity index (χ3n) is 6.72. The van der Waals surface area contributed by atoms with Crippen molar-refractivity contribution in [2.45, 2.75) is 23.8 Å². The Bertz CT molecular complexity index is 1290. The Labute approximate surface area is 205 Å². The van der Waals surface area contributed by atoms with Gasteiger partial charge >= 0.3 is 6.09 Å². The maximum atomic E-state index is 13.1. The van der Waals surface area contributed by atoms with Crippen LogP contribution in [0.3, 0.4) is 0 Å². The van der Waals surface area contributed by atoms with Gasteiger partial charge in [0, 0.05) is 25.6 Å². The van der Waals surface area contributed by atoms with Gasteiger partial charge in [-0.15, -0.1) is 0 Å². The van der Waals surface area contributed by atoms with Crippen molar-refractivity contribution in [2.75, 3.05) is 32.8 Å². The molecule has 0 saturated carbocycles. The molecule has 8 heteroatoms. The molecule has 1 N–H and O–H groups in total. The highest BCUT2D eigenvalue weighted by molar-refractivity contribution is 7.89. The number of nitrogens with zero attached hydrogens (tertiary/aromatic N) is 2. The molecule has 7 nitrogen and oxygen atoms in total. The minimum atomic E-state index is -3.78. The molecular weight excluding hydrogens is 464 g/mol. The molecule has 0 aromatic heterocycles.